The van der Waals surface area contributed by atoms with Crippen LogP contribution in [0, 0.1) is 0 Å². The van der Waals surface area contributed by atoms with Crippen LogP contribution in [0.1, 0.15) is 18.1 Å². The molecule has 2 aromatic carbocycles. The third kappa shape index (κ3) is 9.51. The van der Waals surface area contributed by atoms with Crippen molar-refractivity contribution in [2.75, 3.05) is 45.9 Å². The third-order valence-corrected chi connectivity index (χ3v) is 6.25. The highest BCUT2D eigenvalue weighted by atomic mass is 35.5. The molecule has 3 rings (SSSR count). The molecule has 0 saturated carbocycles. The van der Waals surface area contributed by atoms with Crippen molar-refractivity contribution >= 4 is 23.2 Å². The molecule has 1 aliphatic rings. The molecule has 1 saturated heterocycles. The van der Waals surface area contributed by atoms with Crippen LogP contribution in [0.3, 0.4) is 0 Å². The Hall–Kier alpha value is -1.22. The lowest BCUT2D eigenvalue weighted by Gasteiger charge is -2.41. The standard InChI is InChI=1S/C25H34Cl2N2O4/c1-19-12-28(13-24(30)17-32-15-20-2-6-22(26)7-3-20)10-11-29(19)14-25(31)18-33-16-21-4-8-23(27)9-5-21/h2-9,19,24-25,30-31H,10-18H2,1H3/t19-,24+,25+/m1/s1. The number of aliphatic hydroxyl groups excluding tert-OH is 2. The van der Waals surface area contributed by atoms with E-state index < -0.39 is 12.2 Å². The molecule has 0 aliphatic carbocycles. The summed E-state index contributed by atoms with van der Waals surface area (Å²) in [6.07, 6.45) is -1.08. The zero-order valence-electron chi connectivity index (χ0n) is 19.1. The van der Waals surface area contributed by atoms with E-state index in [-0.39, 0.29) is 6.04 Å². The summed E-state index contributed by atoms with van der Waals surface area (Å²) >= 11 is 11.8. The fraction of sp³-hybridized carbons (Fsp3) is 0.520. The average molecular weight is 497 g/mol. The van der Waals surface area contributed by atoms with E-state index in [1.54, 1.807) is 0 Å². The summed E-state index contributed by atoms with van der Waals surface area (Å²) in [6.45, 7) is 7.31. The van der Waals surface area contributed by atoms with Crippen molar-refractivity contribution in [3.8, 4) is 0 Å². The number of rotatable bonds is 12. The first-order valence-corrected chi connectivity index (χ1v) is 12.1. The number of aliphatic hydroxyl groups is 2. The summed E-state index contributed by atoms with van der Waals surface area (Å²) in [7, 11) is 0. The zero-order chi connectivity index (χ0) is 23.6. The average Bonchev–Trinajstić information content (AvgIpc) is 2.78. The van der Waals surface area contributed by atoms with E-state index in [9.17, 15) is 10.2 Å². The number of piperazine rings is 1. The molecule has 1 aliphatic heterocycles. The predicted molar refractivity (Wildman–Crippen MR) is 132 cm³/mol. The summed E-state index contributed by atoms with van der Waals surface area (Å²) in [4.78, 5) is 4.52. The second-order valence-corrected chi connectivity index (χ2v) is 9.57. The molecule has 1 fully saturated rings. The summed E-state index contributed by atoms with van der Waals surface area (Å²) in [5, 5.41) is 22.2. The van der Waals surface area contributed by atoms with Gasteiger partial charge < -0.3 is 19.7 Å². The number of halogens is 2. The second kappa shape index (κ2) is 13.6. The maximum atomic E-state index is 10.4. The molecule has 33 heavy (non-hydrogen) atoms. The van der Waals surface area contributed by atoms with Gasteiger partial charge in [-0.05, 0) is 42.3 Å². The molecule has 0 unspecified atom stereocenters. The molecule has 2 aromatic rings. The zero-order valence-corrected chi connectivity index (χ0v) is 20.6. The van der Waals surface area contributed by atoms with Crippen molar-refractivity contribution in [2.45, 2.75) is 38.4 Å². The number of nitrogens with zero attached hydrogens (tertiary/aromatic N) is 2. The van der Waals surface area contributed by atoms with Crippen molar-refractivity contribution < 1.29 is 19.7 Å². The SMILES string of the molecule is C[C@@H]1CN(C[C@H](O)COCc2ccc(Cl)cc2)CCN1C[C@H](O)COCc1ccc(Cl)cc1. The third-order valence-electron chi connectivity index (χ3n) is 5.75. The molecule has 0 aromatic heterocycles. The van der Waals surface area contributed by atoms with E-state index in [2.05, 4.69) is 16.7 Å². The van der Waals surface area contributed by atoms with E-state index in [0.29, 0.717) is 49.6 Å². The quantitative estimate of drug-likeness (QED) is 0.469. The van der Waals surface area contributed by atoms with Gasteiger partial charge in [0.1, 0.15) is 0 Å². The Bertz CT molecular complexity index is 822. The summed E-state index contributed by atoms with van der Waals surface area (Å²) in [5.41, 5.74) is 2.06. The Kier molecular flexibility index (Phi) is 10.9. The van der Waals surface area contributed by atoms with E-state index in [0.717, 1.165) is 30.8 Å². The Morgan fingerprint density at radius 2 is 1.30 bits per heavy atom. The maximum Gasteiger partial charge on any atom is 0.0900 e. The van der Waals surface area contributed by atoms with Gasteiger partial charge in [0, 0.05) is 48.8 Å². The van der Waals surface area contributed by atoms with Gasteiger partial charge in [-0.25, -0.2) is 0 Å². The molecule has 2 N–H and O–H groups in total. The molecule has 0 bridgehead atoms. The van der Waals surface area contributed by atoms with Crippen LogP contribution < -0.4 is 0 Å². The maximum absolute atomic E-state index is 10.4. The lowest BCUT2D eigenvalue weighted by Crippen LogP contribution is -2.55. The van der Waals surface area contributed by atoms with E-state index in [1.165, 1.54) is 0 Å². The fourth-order valence-corrected chi connectivity index (χ4v) is 4.22. The highest BCUT2D eigenvalue weighted by molar-refractivity contribution is 6.30. The smallest absolute Gasteiger partial charge is 0.0900 e. The Morgan fingerprint density at radius 3 is 1.79 bits per heavy atom. The Labute approximate surface area is 206 Å². The molecule has 182 valence electrons. The molecular formula is C25H34Cl2N2O4. The van der Waals surface area contributed by atoms with Crippen LogP contribution in [0.5, 0.6) is 0 Å². The molecule has 6 nitrogen and oxygen atoms in total. The van der Waals surface area contributed by atoms with Crippen molar-refractivity contribution in [3.05, 3.63) is 69.7 Å². The normalized spacial score (nSPS) is 19.5. The van der Waals surface area contributed by atoms with Crippen LogP contribution >= 0.6 is 23.2 Å². The van der Waals surface area contributed by atoms with Crippen LogP contribution in [-0.2, 0) is 22.7 Å². The first-order valence-electron chi connectivity index (χ1n) is 11.4. The molecule has 8 heteroatoms. The molecule has 1 heterocycles. The highest BCUT2D eigenvalue weighted by Gasteiger charge is 2.26. The summed E-state index contributed by atoms with van der Waals surface area (Å²) in [6, 6.07) is 15.3. The van der Waals surface area contributed by atoms with Gasteiger partial charge in [-0.1, -0.05) is 47.5 Å². The number of hydrogen-bond donors (Lipinski definition) is 2. The molecule has 0 spiro atoms. The van der Waals surface area contributed by atoms with E-state index >= 15 is 0 Å². The summed E-state index contributed by atoms with van der Waals surface area (Å²) in [5.74, 6) is 0. The van der Waals surface area contributed by atoms with Crippen LogP contribution in [0.25, 0.3) is 0 Å². The Morgan fingerprint density at radius 1 is 0.818 bits per heavy atom. The molecule has 0 radical (unpaired) electrons. The van der Waals surface area contributed by atoms with Gasteiger partial charge in [0.15, 0.2) is 0 Å². The van der Waals surface area contributed by atoms with Gasteiger partial charge in [-0.2, -0.15) is 0 Å². The monoisotopic (exact) mass is 496 g/mol. The van der Waals surface area contributed by atoms with Gasteiger partial charge in [0.25, 0.3) is 0 Å². The van der Waals surface area contributed by atoms with Crippen LogP contribution in [0.2, 0.25) is 10.0 Å². The van der Waals surface area contributed by atoms with Gasteiger partial charge in [-0.15, -0.1) is 0 Å². The van der Waals surface area contributed by atoms with Crippen LogP contribution in [0.15, 0.2) is 48.5 Å². The topological polar surface area (TPSA) is 65.4 Å². The van der Waals surface area contributed by atoms with Crippen molar-refractivity contribution in [3.63, 3.8) is 0 Å². The number of ether oxygens (including phenoxy) is 2. The largest absolute Gasteiger partial charge is 0.389 e. The molecule has 0 amide bonds. The van der Waals surface area contributed by atoms with Crippen LogP contribution in [-0.4, -0.2) is 84.2 Å². The van der Waals surface area contributed by atoms with Crippen molar-refractivity contribution in [1.29, 1.82) is 0 Å². The van der Waals surface area contributed by atoms with Crippen molar-refractivity contribution in [2.24, 2.45) is 0 Å². The van der Waals surface area contributed by atoms with E-state index in [4.69, 9.17) is 32.7 Å². The van der Waals surface area contributed by atoms with E-state index in [1.807, 2.05) is 48.5 Å². The van der Waals surface area contributed by atoms with Gasteiger partial charge in [0.2, 0.25) is 0 Å². The highest BCUT2D eigenvalue weighted by Crippen LogP contribution is 2.14. The number of benzene rings is 2. The number of hydrogen-bond acceptors (Lipinski definition) is 6. The minimum absolute atomic E-state index is 0.284. The fourth-order valence-electron chi connectivity index (χ4n) is 3.97. The number of β-amino-alcohol motifs (C(OH)–C–C–N with tert-alkyl or cyclic N) is 2. The van der Waals surface area contributed by atoms with Gasteiger partial charge in [-0.3, -0.25) is 9.80 Å². The first kappa shape index (κ1) is 26.4. The lowest BCUT2D eigenvalue weighted by atomic mass is 10.1. The molecule has 3 atom stereocenters. The minimum atomic E-state index is -0.543. The second-order valence-electron chi connectivity index (χ2n) is 8.69. The van der Waals surface area contributed by atoms with Crippen molar-refractivity contribution in [1.82, 2.24) is 9.80 Å². The lowest BCUT2D eigenvalue weighted by molar-refractivity contribution is -0.0264. The first-order chi connectivity index (χ1) is 15.9. The van der Waals surface area contributed by atoms with Gasteiger partial charge in [0.05, 0.1) is 38.6 Å². The van der Waals surface area contributed by atoms with Crippen LogP contribution in [0.4, 0.5) is 0 Å². The Balaban J connectivity index is 1.29. The van der Waals surface area contributed by atoms with Gasteiger partial charge >= 0.3 is 0 Å². The minimum Gasteiger partial charge on any atom is -0.389 e. The predicted octanol–water partition coefficient (Wildman–Crippen LogP) is 3.45. The summed E-state index contributed by atoms with van der Waals surface area (Å²) < 4.78 is 11.3. The molecular weight excluding hydrogens is 463 g/mol.